The Morgan fingerprint density at radius 3 is 2.43 bits per heavy atom. The van der Waals surface area contributed by atoms with E-state index in [1.807, 2.05) is 0 Å². The van der Waals surface area contributed by atoms with Crippen molar-refractivity contribution >= 4 is 27.2 Å². The minimum absolute atomic E-state index is 0.150. The number of unbranched alkanes of at least 4 members (excludes halogenated alkanes) is 4. The van der Waals surface area contributed by atoms with Crippen LogP contribution in [0.3, 0.4) is 0 Å². The topological polar surface area (TPSA) is 17.1 Å². The van der Waals surface area contributed by atoms with Crippen molar-refractivity contribution < 1.29 is 4.79 Å². The number of rotatable bonds is 9. The monoisotopic (exact) mass is 312 g/mol. The van der Waals surface area contributed by atoms with Crippen LogP contribution in [0.5, 0.6) is 0 Å². The van der Waals surface area contributed by atoms with Crippen LogP contribution in [0, 0.1) is 0 Å². The molecule has 82 valence electrons. The van der Waals surface area contributed by atoms with Gasteiger partial charge in [-0.25, -0.2) is 0 Å². The number of carbonyl (C=O) groups excluding carboxylic acids is 1. The summed E-state index contributed by atoms with van der Waals surface area (Å²) in [5.41, 5.74) is 0. The van der Waals surface area contributed by atoms with Crippen molar-refractivity contribution in [3.8, 4) is 0 Å². The van der Waals surface area contributed by atoms with Crippen molar-refractivity contribution in [1.29, 1.82) is 0 Å². The van der Waals surface area contributed by atoms with Gasteiger partial charge in [-0.1, -0.05) is 0 Å². The predicted molar refractivity (Wildman–Crippen MR) is 63.8 cm³/mol. The number of aldehydes is 1. The van der Waals surface area contributed by atoms with Gasteiger partial charge in [-0.05, 0) is 0 Å². The fraction of sp³-hybridized carbons (Fsp3) is 0.750. The number of hydrogen-bond donors (Lipinski definition) is 0. The van der Waals surface area contributed by atoms with Gasteiger partial charge >= 0.3 is 98.5 Å². The number of hydrogen-bond acceptors (Lipinski definition) is 1. The van der Waals surface area contributed by atoms with Gasteiger partial charge < -0.3 is 0 Å². The van der Waals surface area contributed by atoms with Gasteiger partial charge in [0.05, 0.1) is 0 Å². The van der Waals surface area contributed by atoms with E-state index in [4.69, 9.17) is 0 Å². The molecule has 0 aromatic rings. The Kier molecular flexibility index (Phi) is 11.4. The molecule has 0 aliphatic heterocycles. The van der Waals surface area contributed by atoms with Gasteiger partial charge in [0.1, 0.15) is 0 Å². The summed E-state index contributed by atoms with van der Waals surface area (Å²) in [5.74, 6) is 0. The molecule has 0 aromatic carbocycles. The van der Waals surface area contributed by atoms with E-state index in [0.717, 1.165) is 16.3 Å². The molecule has 0 radical (unpaired) electrons. The first kappa shape index (κ1) is 14.2. The molecule has 14 heavy (non-hydrogen) atoms. The van der Waals surface area contributed by atoms with Crippen LogP contribution in [0.15, 0.2) is 9.70 Å². The van der Waals surface area contributed by atoms with Crippen molar-refractivity contribution in [2.45, 2.75) is 56.8 Å². The zero-order valence-electron chi connectivity index (χ0n) is 9.42. The Bertz CT molecular complexity index is 164. The first-order valence-corrected chi connectivity index (χ1v) is 8.44. The van der Waals surface area contributed by atoms with Crippen molar-refractivity contribution in [1.82, 2.24) is 0 Å². The second kappa shape index (κ2) is 11.3. The van der Waals surface area contributed by atoms with Gasteiger partial charge in [0.15, 0.2) is 0 Å². The summed E-state index contributed by atoms with van der Waals surface area (Å²) in [6.45, 7) is 4.41. The van der Waals surface area contributed by atoms with Crippen LogP contribution in [0.25, 0.3) is 0 Å². The fourth-order valence-electron chi connectivity index (χ4n) is 1.11. The van der Waals surface area contributed by atoms with E-state index >= 15 is 0 Å². The third-order valence-electron chi connectivity index (χ3n) is 2.04. The molecular formula is C12H22OTe. The zero-order valence-corrected chi connectivity index (χ0v) is 11.8. The Labute approximate surface area is 98.4 Å². The molecule has 0 bridgehead atoms. The second-order valence-corrected chi connectivity index (χ2v) is 6.76. The van der Waals surface area contributed by atoms with Crippen LogP contribution in [-0.4, -0.2) is 27.2 Å². The fourth-order valence-corrected chi connectivity index (χ4v) is 3.89. The molecule has 0 aliphatic rings. The molecule has 2 heteroatoms. The van der Waals surface area contributed by atoms with Gasteiger partial charge in [0.25, 0.3) is 0 Å². The van der Waals surface area contributed by atoms with Gasteiger partial charge in [-0.3, -0.25) is 0 Å². The average molecular weight is 310 g/mol. The number of allylic oxidation sites excluding steroid dienone is 2. The van der Waals surface area contributed by atoms with E-state index < -0.39 is 0 Å². The van der Waals surface area contributed by atoms with Crippen molar-refractivity contribution in [3.05, 3.63) is 9.70 Å². The molecule has 0 spiro atoms. The molecule has 0 atom stereocenters. The summed E-state index contributed by atoms with van der Waals surface area (Å²) in [6.07, 6.45) is 10.7. The maximum absolute atomic E-state index is 10.7. The molecule has 0 saturated carbocycles. The minimum atomic E-state index is -0.150. The van der Waals surface area contributed by atoms with E-state index in [9.17, 15) is 4.79 Å². The summed E-state index contributed by atoms with van der Waals surface area (Å²) < 4.78 is 2.43. The van der Waals surface area contributed by atoms with Crippen molar-refractivity contribution in [3.63, 3.8) is 0 Å². The van der Waals surface area contributed by atoms with E-state index in [1.54, 1.807) is 0 Å². The van der Waals surface area contributed by atoms with E-state index in [1.165, 1.54) is 36.6 Å². The summed E-state index contributed by atoms with van der Waals surface area (Å²) in [7, 11) is 0. The van der Waals surface area contributed by atoms with Crippen LogP contribution < -0.4 is 0 Å². The molecule has 0 amide bonds. The SMILES string of the molecule is CCCCC/C=C(/C=O)[Te]CCCC. The first-order chi connectivity index (χ1) is 6.85. The van der Waals surface area contributed by atoms with Crippen LogP contribution in [0.2, 0.25) is 4.47 Å². The molecule has 0 aromatic heterocycles. The maximum atomic E-state index is 10.7. The summed E-state index contributed by atoms with van der Waals surface area (Å²) >= 11 is -0.150. The van der Waals surface area contributed by atoms with Crippen molar-refractivity contribution in [2.24, 2.45) is 0 Å². The van der Waals surface area contributed by atoms with Crippen LogP contribution in [-0.2, 0) is 4.79 Å². The molecule has 0 unspecified atom stereocenters. The Morgan fingerprint density at radius 1 is 1.14 bits per heavy atom. The van der Waals surface area contributed by atoms with Gasteiger partial charge in [-0.2, -0.15) is 0 Å². The molecular weight excluding hydrogens is 288 g/mol. The Hall–Kier alpha value is 0.200. The summed E-state index contributed by atoms with van der Waals surface area (Å²) in [6, 6.07) is 0. The molecule has 0 aliphatic carbocycles. The Morgan fingerprint density at radius 2 is 1.86 bits per heavy atom. The van der Waals surface area contributed by atoms with E-state index in [0.29, 0.717) is 0 Å². The summed E-state index contributed by atoms with van der Waals surface area (Å²) in [4.78, 5) is 10.7. The summed E-state index contributed by atoms with van der Waals surface area (Å²) in [5, 5.41) is 0. The zero-order chi connectivity index (χ0) is 10.6. The standard InChI is InChI=1S/C12H22OTe/c1-3-5-7-8-9-12(11-13)14-10-6-4-2/h9,11H,3-8,10H2,1-2H3/b12-9-. The van der Waals surface area contributed by atoms with Crippen LogP contribution in [0.4, 0.5) is 0 Å². The molecule has 0 fully saturated rings. The van der Waals surface area contributed by atoms with E-state index in [2.05, 4.69) is 19.9 Å². The van der Waals surface area contributed by atoms with E-state index in [-0.39, 0.29) is 20.9 Å². The molecule has 0 saturated heterocycles. The van der Waals surface area contributed by atoms with Crippen LogP contribution >= 0.6 is 0 Å². The van der Waals surface area contributed by atoms with Gasteiger partial charge in [0, 0.05) is 0 Å². The third-order valence-corrected chi connectivity index (χ3v) is 5.14. The normalized spacial score (nSPS) is 11.7. The number of carbonyl (C=O) groups is 1. The third kappa shape index (κ3) is 8.78. The quantitative estimate of drug-likeness (QED) is 0.275. The first-order valence-electron chi connectivity index (χ1n) is 5.63. The molecule has 0 N–H and O–H groups in total. The molecule has 1 nitrogen and oxygen atoms in total. The van der Waals surface area contributed by atoms with Crippen LogP contribution in [0.1, 0.15) is 52.4 Å². The van der Waals surface area contributed by atoms with Gasteiger partial charge in [0.2, 0.25) is 0 Å². The van der Waals surface area contributed by atoms with Crippen molar-refractivity contribution in [2.75, 3.05) is 0 Å². The second-order valence-electron chi connectivity index (χ2n) is 3.42. The average Bonchev–Trinajstić information content (AvgIpc) is 2.22. The Balaban J connectivity index is 3.58. The molecule has 0 heterocycles. The predicted octanol–water partition coefficient (Wildman–Crippen LogP) is 3.57. The molecule has 0 rings (SSSR count). The van der Waals surface area contributed by atoms with Gasteiger partial charge in [-0.15, -0.1) is 0 Å².